The van der Waals surface area contributed by atoms with Gasteiger partial charge in [-0.3, -0.25) is 14.5 Å². The lowest BCUT2D eigenvalue weighted by Crippen LogP contribution is -2.42. The van der Waals surface area contributed by atoms with E-state index < -0.39 is 5.25 Å². The van der Waals surface area contributed by atoms with Crippen LogP contribution in [0, 0.1) is 5.82 Å². The summed E-state index contributed by atoms with van der Waals surface area (Å²) in [5.41, 5.74) is 3.21. The predicted molar refractivity (Wildman–Crippen MR) is 158 cm³/mol. The van der Waals surface area contributed by atoms with Crippen LogP contribution in [0.5, 0.6) is 5.75 Å². The summed E-state index contributed by atoms with van der Waals surface area (Å²) in [4.78, 5) is 28.3. The number of aromatic nitrogens is 2. The minimum absolute atomic E-state index is 0.0570. The van der Waals surface area contributed by atoms with Crippen LogP contribution in [0.4, 0.5) is 10.2 Å². The van der Waals surface area contributed by atoms with Crippen molar-refractivity contribution >= 4 is 29.4 Å². The van der Waals surface area contributed by atoms with Crippen molar-refractivity contribution in [1.82, 2.24) is 15.1 Å². The lowest BCUT2D eigenvalue weighted by Gasteiger charge is -2.23. The highest BCUT2D eigenvalue weighted by Crippen LogP contribution is 2.49. The van der Waals surface area contributed by atoms with E-state index in [0.717, 1.165) is 5.56 Å². The molecule has 41 heavy (non-hydrogen) atoms. The molecule has 212 valence electrons. The van der Waals surface area contributed by atoms with E-state index >= 15 is 4.39 Å². The Hall–Kier alpha value is -4.15. The van der Waals surface area contributed by atoms with Crippen molar-refractivity contribution < 1.29 is 23.5 Å². The van der Waals surface area contributed by atoms with Gasteiger partial charge in [-0.05, 0) is 36.8 Å². The highest BCUT2D eigenvalue weighted by molar-refractivity contribution is 8.00. The third-order valence-electron chi connectivity index (χ3n) is 6.79. The van der Waals surface area contributed by atoms with Crippen molar-refractivity contribution in [2.45, 2.75) is 11.7 Å². The number of carbonyl (C=O) groups is 2. The van der Waals surface area contributed by atoms with Crippen LogP contribution in [-0.4, -0.2) is 61.3 Å². The molecular formula is C31H31FN4O4S. The van der Waals surface area contributed by atoms with Crippen molar-refractivity contribution in [3.63, 3.8) is 0 Å². The first kappa shape index (κ1) is 28.4. The molecule has 10 heteroatoms. The molecule has 8 nitrogen and oxygen atoms in total. The summed E-state index contributed by atoms with van der Waals surface area (Å²) in [7, 11) is 3.19. The molecule has 0 bridgehead atoms. The van der Waals surface area contributed by atoms with Gasteiger partial charge >= 0.3 is 0 Å². The smallest absolute Gasteiger partial charge is 0.240 e. The van der Waals surface area contributed by atoms with E-state index in [4.69, 9.17) is 14.6 Å². The molecule has 1 unspecified atom stereocenters. The van der Waals surface area contributed by atoms with Gasteiger partial charge in [0, 0.05) is 37.0 Å². The van der Waals surface area contributed by atoms with Crippen molar-refractivity contribution in [3.8, 4) is 22.7 Å². The van der Waals surface area contributed by atoms with Gasteiger partial charge in [0.1, 0.15) is 23.9 Å². The Labute approximate surface area is 242 Å². The molecule has 1 aliphatic rings. The Bertz CT molecular complexity index is 1510. The largest absolute Gasteiger partial charge is 0.497 e. The van der Waals surface area contributed by atoms with Gasteiger partial charge in [0.15, 0.2) is 0 Å². The number of nitrogens with one attached hydrogen (secondary N) is 1. The van der Waals surface area contributed by atoms with E-state index in [1.54, 1.807) is 49.2 Å². The Morgan fingerprint density at radius 2 is 1.78 bits per heavy atom. The van der Waals surface area contributed by atoms with Crippen LogP contribution in [0.25, 0.3) is 16.9 Å². The Balaban J connectivity index is 1.71. The van der Waals surface area contributed by atoms with Gasteiger partial charge in [0.05, 0.1) is 29.5 Å². The summed E-state index contributed by atoms with van der Waals surface area (Å²) >= 11 is 1.33. The molecule has 1 atom stereocenters. The number of thioether (sulfide) groups is 1. The maximum absolute atomic E-state index is 15.3. The van der Waals surface area contributed by atoms with Crippen molar-refractivity contribution in [3.05, 3.63) is 95.8 Å². The quantitative estimate of drug-likeness (QED) is 0.268. The number of amides is 2. The fourth-order valence-electron chi connectivity index (χ4n) is 4.81. The minimum atomic E-state index is -0.549. The van der Waals surface area contributed by atoms with Crippen LogP contribution < -0.4 is 15.0 Å². The first-order chi connectivity index (χ1) is 20.0. The van der Waals surface area contributed by atoms with Gasteiger partial charge in [-0.25, -0.2) is 9.07 Å². The number of carbonyl (C=O) groups excluding carboxylic acids is 2. The van der Waals surface area contributed by atoms with Gasteiger partial charge in [-0.2, -0.15) is 5.10 Å². The average Bonchev–Trinajstić information content (AvgIpc) is 3.33. The molecule has 0 saturated carbocycles. The predicted octanol–water partition coefficient (Wildman–Crippen LogP) is 5.01. The van der Waals surface area contributed by atoms with Crippen molar-refractivity contribution in [2.24, 2.45) is 0 Å². The van der Waals surface area contributed by atoms with E-state index in [9.17, 15) is 9.59 Å². The summed E-state index contributed by atoms with van der Waals surface area (Å²) in [6, 6.07) is 23.5. The zero-order valence-electron chi connectivity index (χ0n) is 22.9. The zero-order chi connectivity index (χ0) is 28.8. The topological polar surface area (TPSA) is 85.7 Å². The molecule has 2 amide bonds. The number of nitrogens with zero attached hydrogens (tertiary/aromatic N) is 3. The number of halogens is 1. The molecule has 0 radical (unpaired) electrons. The maximum atomic E-state index is 15.3. The summed E-state index contributed by atoms with van der Waals surface area (Å²) in [6.07, 6.45) is 0.647. The molecule has 3 aromatic carbocycles. The zero-order valence-corrected chi connectivity index (χ0v) is 23.7. The second-order valence-electron chi connectivity index (χ2n) is 9.45. The summed E-state index contributed by atoms with van der Waals surface area (Å²) < 4.78 is 27.4. The van der Waals surface area contributed by atoms with Crippen LogP contribution in [0.3, 0.4) is 0 Å². The number of benzene rings is 3. The summed E-state index contributed by atoms with van der Waals surface area (Å²) in [6.45, 7) is 0.722. The van der Waals surface area contributed by atoms with Crippen molar-refractivity contribution in [2.75, 3.05) is 44.6 Å². The molecule has 1 aliphatic heterocycles. The lowest BCUT2D eigenvalue weighted by atomic mass is 9.99. The van der Waals surface area contributed by atoms with Crippen LogP contribution in [0.1, 0.15) is 22.8 Å². The van der Waals surface area contributed by atoms with Crippen LogP contribution in [-0.2, 0) is 14.3 Å². The first-order valence-corrected chi connectivity index (χ1v) is 14.3. The third kappa shape index (κ3) is 6.13. The van der Waals surface area contributed by atoms with E-state index in [-0.39, 0.29) is 29.9 Å². The molecule has 0 aliphatic carbocycles. The molecule has 5 rings (SSSR count). The molecule has 1 N–H and O–H groups in total. The van der Waals surface area contributed by atoms with Crippen LogP contribution in [0.2, 0.25) is 0 Å². The highest BCUT2D eigenvalue weighted by Gasteiger charge is 2.38. The van der Waals surface area contributed by atoms with Gasteiger partial charge in [-0.15, -0.1) is 11.8 Å². The average molecular weight is 575 g/mol. The second-order valence-corrected chi connectivity index (χ2v) is 10.5. The third-order valence-corrected chi connectivity index (χ3v) is 8.03. The van der Waals surface area contributed by atoms with E-state index in [1.807, 2.05) is 42.5 Å². The number of hydrogen-bond donors (Lipinski definition) is 1. The monoisotopic (exact) mass is 574 g/mol. The number of methoxy groups -OCH3 is 2. The minimum Gasteiger partial charge on any atom is -0.497 e. The van der Waals surface area contributed by atoms with Gasteiger partial charge in [0.2, 0.25) is 11.8 Å². The fraction of sp³-hybridized carbons (Fsp3) is 0.258. The number of rotatable bonds is 10. The second kappa shape index (κ2) is 13.0. The van der Waals surface area contributed by atoms with Crippen molar-refractivity contribution in [1.29, 1.82) is 0 Å². The Morgan fingerprint density at radius 1 is 1.05 bits per heavy atom. The van der Waals surface area contributed by atoms with Crippen LogP contribution in [0.15, 0.2) is 78.9 Å². The number of fused-ring (bicyclic) bond motifs is 1. The fourth-order valence-corrected chi connectivity index (χ4v) is 6.03. The van der Waals surface area contributed by atoms with E-state index in [0.29, 0.717) is 53.6 Å². The Morgan fingerprint density at radius 3 is 2.49 bits per heavy atom. The van der Waals surface area contributed by atoms with Gasteiger partial charge < -0.3 is 14.8 Å². The molecule has 0 fully saturated rings. The standard InChI is InChI=1S/C31H31FN4O4S/c1-39-18-8-17-33-26(37)19-35-27(38)20-41-30(24-11-6-7-12-25(24)32)28-29(21-9-4-3-5-10-21)34-36(31(28)35)22-13-15-23(40-2)16-14-22/h3-7,9-16,30H,8,17-20H2,1-2H3,(H,33,37). The van der Waals surface area contributed by atoms with Crippen LogP contribution >= 0.6 is 11.8 Å². The normalized spacial score (nSPS) is 14.9. The maximum Gasteiger partial charge on any atom is 0.240 e. The highest BCUT2D eigenvalue weighted by atomic mass is 32.2. The lowest BCUT2D eigenvalue weighted by molar-refractivity contribution is -0.122. The Kier molecular flexibility index (Phi) is 9.01. The molecule has 0 spiro atoms. The van der Waals surface area contributed by atoms with E-state index in [2.05, 4.69) is 5.32 Å². The van der Waals surface area contributed by atoms with Gasteiger partial charge in [-0.1, -0.05) is 48.5 Å². The summed E-state index contributed by atoms with van der Waals surface area (Å²) in [5.74, 6) is 0.211. The number of hydrogen-bond acceptors (Lipinski definition) is 6. The van der Waals surface area contributed by atoms with Gasteiger partial charge in [0.25, 0.3) is 0 Å². The molecule has 4 aromatic rings. The molecule has 2 heterocycles. The SMILES string of the molecule is COCCCNC(=O)CN1C(=O)CSC(c2ccccc2F)c2c(-c3ccccc3)nn(-c3ccc(OC)cc3)c21. The number of anilines is 1. The molecular weight excluding hydrogens is 543 g/mol. The molecule has 1 aromatic heterocycles. The number of ether oxygens (including phenoxy) is 2. The first-order valence-electron chi connectivity index (χ1n) is 13.3. The summed E-state index contributed by atoms with van der Waals surface area (Å²) in [5, 5.41) is 7.34. The van der Waals surface area contributed by atoms with E-state index in [1.165, 1.54) is 22.7 Å². The molecule has 0 saturated heterocycles.